The van der Waals surface area contributed by atoms with E-state index >= 15 is 0 Å². The Morgan fingerprint density at radius 1 is 1.03 bits per heavy atom. The highest BCUT2D eigenvalue weighted by Gasteiger charge is 2.42. The van der Waals surface area contributed by atoms with Crippen LogP contribution in [0.1, 0.15) is 47.6 Å². The number of amides is 1. The maximum atomic E-state index is 13.4. The van der Waals surface area contributed by atoms with Gasteiger partial charge >= 0.3 is 0 Å². The molecule has 162 valence electrons. The first-order valence-corrected chi connectivity index (χ1v) is 11.9. The number of piperidine rings is 1. The Labute approximate surface area is 180 Å². The molecule has 0 bridgehead atoms. The van der Waals surface area contributed by atoms with Crippen molar-refractivity contribution in [3.05, 3.63) is 64.2 Å². The lowest BCUT2D eigenvalue weighted by Crippen LogP contribution is -2.51. The second kappa shape index (κ2) is 8.52. The number of hydrogen-bond donors (Lipinski definition) is 1. The number of benzene rings is 2. The van der Waals surface area contributed by atoms with Crippen LogP contribution in [0, 0.1) is 33.1 Å². The molecular formula is C24H32N2O3S. The molecule has 1 amide bonds. The van der Waals surface area contributed by atoms with Crippen molar-refractivity contribution in [1.82, 2.24) is 9.62 Å². The summed E-state index contributed by atoms with van der Waals surface area (Å²) < 4.78 is 28.3. The number of aryl methyl sites for hydroxylation is 4. The van der Waals surface area contributed by atoms with E-state index in [0.29, 0.717) is 30.8 Å². The highest BCUT2D eigenvalue weighted by Crippen LogP contribution is 2.34. The van der Waals surface area contributed by atoms with E-state index in [1.165, 1.54) is 9.87 Å². The molecule has 2 aromatic carbocycles. The molecule has 0 unspecified atom stereocenters. The van der Waals surface area contributed by atoms with E-state index in [4.69, 9.17) is 0 Å². The number of rotatable bonds is 5. The molecule has 0 radical (unpaired) electrons. The predicted octanol–water partition coefficient (Wildman–Crippen LogP) is 4.03. The Bertz CT molecular complexity index is 1040. The summed E-state index contributed by atoms with van der Waals surface area (Å²) in [6, 6.07) is 11.7. The molecule has 0 saturated carbocycles. The van der Waals surface area contributed by atoms with E-state index in [1.54, 1.807) is 6.07 Å². The van der Waals surface area contributed by atoms with Gasteiger partial charge in [0, 0.05) is 19.6 Å². The van der Waals surface area contributed by atoms with Crippen LogP contribution in [0.25, 0.3) is 0 Å². The molecule has 1 N–H and O–H groups in total. The average Bonchev–Trinajstić information content (AvgIpc) is 2.70. The molecule has 6 heteroatoms. The summed E-state index contributed by atoms with van der Waals surface area (Å²) in [7, 11) is -3.66. The van der Waals surface area contributed by atoms with Gasteiger partial charge in [-0.15, -0.1) is 0 Å². The summed E-state index contributed by atoms with van der Waals surface area (Å²) in [6.45, 7) is 10.7. The zero-order valence-electron chi connectivity index (χ0n) is 18.6. The summed E-state index contributed by atoms with van der Waals surface area (Å²) in [5.41, 5.74) is 4.23. The predicted molar refractivity (Wildman–Crippen MR) is 120 cm³/mol. The lowest BCUT2D eigenvalue weighted by molar-refractivity contribution is -0.132. The Hall–Kier alpha value is -2.18. The monoisotopic (exact) mass is 428 g/mol. The molecule has 1 aliphatic rings. The first kappa shape index (κ1) is 22.5. The number of nitrogens with zero attached hydrogens (tertiary/aromatic N) is 1. The molecule has 0 aliphatic carbocycles. The summed E-state index contributed by atoms with van der Waals surface area (Å²) in [5, 5.41) is 3.01. The fourth-order valence-electron chi connectivity index (χ4n) is 4.04. The van der Waals surface area contributed by atoms with Crippen LogP contribution in [-0.4, -0.2) is 31.7 Å². The van der Waals surface area contributed by atoms with Crippen LogP contribution in [0.4, 0.5) is 0 Å². The van der Waals surface area contributed by atoms with Gasteiger partial charge in [0.1, 0.15) is 0 Å². The van der Waals surface area contributed by atoms with E-state index in [-0.39, 0.29) is 12.5 Å². The number of sulfonamides is 1. The minimum Gasteiger partial charge on any atom is -0.352 e. The van der Waals surface area contributed by atoms with Crippen LogP contribution < -0.4 is 5.32 Å². The van der Waals surface area contributed by atoms with Crippen molar-refractivity contribution in [2.45, 2.75) is 58.9 Å². The molecule has 1 heterocycles. The average molecular weight is 429 g/mol. The fraction of sp³-hybridized carbons (Fsp3) is 0.458. The van der Waals surface area contributed by atoms with E-state index in [1.807, 2.05) is 65.0 Å². The molecular weight excluding hydrogens is 396 g/mol. The molecule has 5 nitrogen and oxygen atoms in total. The van der Waals surface area contributed by atoms with Gasteiger partial charge in [-0.05, 0) is 75.8 Å². The molecule has 3 rings (SSSR count). The third-order valence-corrected chi connectivity index (χ3v) is 8.18. The van der Waals surface area contributed by atoms with E-state index in [2.05, 4.69) is 5.32 Å². The SMILES string of the molecule is Cc1ccc(CNC(=O)[C@]2(C)CCCN(S(=O)(=O)c3cc(C)c(C)cc3C)C2)cc1. The van der Waals surface area contributed by atoms with Gasteiger partial charge in [0.05, 0.1) is 10.3 Å². The van der Waals surface area contributed by atoms with Crippen molar-refractivity contribution < 1.29 is 13.2 Å². The second-order valence-electron chi connectivity index (χ2n) is 8.87. The molecule has 1 fully saturated rings. The van der Waals surface area contributed by atoms with Gasteiger partial charge in [-0.3, -0.25) is 4.79 Å². The zero-order chi connectivity index (χ0) is 22.1. The highest BCUT2D eigenvalue weighted by atomic mass is 32.2. The minimum atomic E-state index is -3.66. The quantitative estimate of drug-likeness (QED) is 0.782. The summed E-state index contributed by atoms with van der Waals surface area (Å²) in [4.78, 5) is 13.3. The molecule has 30 heavy (non-hydrogen) atoms. The van der Waals surface area contributed by atoms with Crippen molar-refractivity contribution in [3.63, 3.8) is 0 Å². The maximum Gasteiger partial charge on any atom is 0.243 e. The third kappa shape index (κ3) is 4.60. The first-order valence-electron chi connectivity index (χ1n) is 10.4. The van der Waals surface area contributed by atoms with Gasteiger partial charge in [0.15, 0.2) is 0 Å². The smallest absolute Gasteiger partial charge is 0.243 e. The highest BCUT2D eigenvalue weighted by molar-refractivity contribution is 7.89. The molecule has 1 saturated heterocycles. The van der Waals surface area contributed by atoms with Gasteiger partial charge in [0.25, 0.3) is 0 Å². The molecule has 1 aliphatic heterocycles. The summed E-state index contributed by atoms with van der Waals surface area (Å²) in [6.07, 6.45) is 1.34. The number of hydrogen-bond acceptors (Lipinski definition) is 3. The van der Waals surface area contributed by atoms with Crippen molar-refractivity contribution in [1.29, 1.82) is 0 Å². The third-order valence-electron chi connectivity index (χ3n) is 6.19. The van der Waals surface area contributed by atoms with Crippen LogP contribution in [0.15, 0.2) is 41.3 Å². The van der Waals surface area contributed by atoms with Crippen molar-refractivity contribution in [3.8, 4) is 0 Å². The normalized spacial score (nSPS) is 20.2. The van der Waals surface area contributed by atoms with E-state index in [9.17, 15) is 13.2 Å². The van der Waals surface area contributed by atoms with Gasteiger partial charge in [-0.1, -0.05) is 35.9 Å². The largest absolute Gasteiger partial charge is 0.352 e. The molecule has 1 atom stereocenters. The topological polar surface area (TPSA) is 66.5 Å². The lowest BCUT2D eigenvalue weighted by atomic mass is 9.82. The minimum absolute atomic E-state index is 0.0974. The van der Waals surface area contributed by atoms with Crippen molar-refractivity contribution >= 4 is 15.9 Å². The Kier molecular flexibility index (Phi) is 6.39. The van der Waals surface area contributed by atoms with Crippen molar-refractivity contribution in [2.24, 2.45) is 5.41 Å². The van der Waals surface area contributed by atoms with Crippen LogP contribution in [0.2, 0.25) is 0 Å². The Balaban J connectivity index is 1.77. The summed E-state index contributed by atoms with van der Waals surface area (Å²) in [5.74, 6) is -0.0974. The van der Waals surface area contributed by atoms with Crippen LogP contribution in [0.5, 0.6) is 0 Å². The van der Waals surface area contributed by atoms with Crippen LogP contribution >= 0.6 is 0 Å². The van der Waals surface area contributed by atoms with E-state index in [0.717, 1.165) is 22.3 Å². The first-order chi connectivity index (χ1) is 14.0. The van der Waals surface area contributed by atoms with Gasteiger partial charge < -0.3 is 5.32 Å². The lowest BCUT2D eigenvalue weighted by Gasteiger charge is -2.38. The fourth-order valence-corrected chi connectivity index (χ4v) is 5.93. The number of carbonyl (C=O) groups is 1. The maximum absolute atomic E-state index is 13.4. The van der Waals surface area contributed by atoms with Crippen molar-refractivity contribution in [2.75, 3.05) is 13.1 Å². The van der Waals surface area contributed by atoms with E-state index < -0.39 is 15.4 Å². The zero-order valence-corrected chi connectivity index (χ0v) is 19.4. The second-order valence-corrected chi connectivity index (χ2v) is 10.8. The van der Waals surface area contributed by atoms with Gasteiger partial charge in [-0.2, -0.15) is 4.31 Å². The van der Waals surface area contributed by atoms with Gasteiger partial charge in [0.2, 0.25) is 15.9 Å². The molecule has 0 aromatic heterocycles. The standard InChI is InChI=1S/C24H32N2O3S/c1-17-7-9-21(10-8-17)15-25-23(27)24(5)11-6-12-26(16-24)30(28,29)22-14-19(3)18(2)13-20(22)4/h7-10,13-14H,6,11-12,15-16H2,1-5H3,(H,25,27)/t24-/m1/s1. The molecule has 2 aromatic rings. The van der Waals surface area contributed by atoms with Crippen LogP contribution in [-0.2, 0) is 21.4 Å². The Morgan fingerprint density at radius 3 is 2.33 bits per heavy atom. The van der Waals surface area contributed by atoms with Crippen LogP contribution in [0.3, 0.4) is 0 Å². The number of carbonyl (C=O) groups excluding carboxylic acids is 1. The molecule has 0 spiro atoms. The number of nitrogens with one attached hydrogen (secondary N) is 1. The summed E-state index contributed by atoms with van der Waals surface area (Å²) >= 11 is 0. The Morgan fingerprint density at radius 2 is 1.67 bits per heavy atom. The van der Waals surface area contributed by atoms with Gasteiger partial charge in [-0.25, -0.2) is 8.42 Å².